The Bertz CT molecular complexity index is 938. The molecule has 1 aromatic carbocycles. The number of rotatable bonds is 5. The van der Waals surface area contributed by atoms with Crippen molar-refractivity contribution < 1.29 is 19.4 Å². The number of nitrogens with one attached hydrogen (secondary N) is 1. The molecule has 0 atom stereocenters. The molecule has 1 aromatic heterocycles. The van der Waals surface area contributed by atoms with Crippen LogP contribution in [-0.2, 0) is 4.79 Å². The maximum atomic E-state index is 13.5. The summed E-state index contributed by atoms with van der Waals surface area (Å²) in [6, 6.07) is 4.26. The van der Waals surface area contributed by atoms with Crippen LogP contribution in [0.2, 0.25) is 0 Å². The minimum Gasteiger partial charge on any atom is -0.504 e. The van der Waals surface area contributed by atoms with Crippen LogP contribution in [-0.4, -0.2) is 39.4 Å². The molecule has 2 heterocycles. The molecule has 1 aliphatic heterocycles. The molecule has 0 bridgehead atoms. The number of aliphatic hydroxyl groups excluding tert-OH is 1. The van der Waals surface area contributed by atoms with E-state index in [1.165, 1.54) is 35.2 Å². The molecule has 0 unspecified atom stereocenters. The first-order chi connectivity index (χ1) is 12.8. The third-order valence-electron chi connectivity index (χ3n) is 3.75. The lowest BCUT2D eigenvalue weighted by molar-refractivity contribution is -0.115. The average Bonchev–Trinajstić information content (AvgIpc) is 3.23. The molecule has 3 rings (SSSR count). The van der Waals surface area contributed by atoms with Crippen LogP contribution in [0.25, 0.3) is 16.6 Å². The second-order valence-corrected chi connectivity index (χ2v) is 8.61. The Labute approximate surface area is 163 Å². The van der Waals surface area contributed by atoms with Crippen molar-refractivity contribution in [3.63, 3.8) is 0 Å². The van der Waals surface area contributed by atoms with E-state index in [2.05, 4.69) is 15.3 Å². The molecule has 142 valence electrons. The zero-order valence-corrected chi connectivity index (χ0v) is 16.3. The van der Waals surface area contributed by atoms with Gasteiger partial charge in [-0.25, -0.2) is 9.37 Å². The van der Waals surface area contributed by atoms with Gasteiger partial charge in [0.05, 0.1) is 16.2 Å². The fraction of sp³-hybridized carbons (Fsp3) is 0.278. The van der Waals surface area contributed by atoms with Crippen LogP contribution < -0.4 is 5.32 Å². The number of carbonyl (C=O) groups is 1. The molecule has 0 spiro atoms. The van der Waals surface area contributed by atoms with E-state index in [9.17, 15) is 19.4 Å². The van der Waals surface area contributed by atoms with Crippen LogP contribution in [0.1, 0.15) is 19.5 Å². The van der Waals surface area contributed by atoms with Gasteiger partial charge in [0.25, 0.3) is 5.91 Å². The lowest BCUT2D eigenvalue weighted by atomic mass is 9.95. The van der Waals surface area contributed by atoms with Crippen molar-refractivity contribution in [2.45, 2.75) is 13.8 Å². The maximum absolute atomic E-state index is 13.5. The van der Waals surface area contributed by atoms with Crippen molar-refractivity contribution in [3.05, 3.63) is 40.0 Å². The Morgan fingerprint density at radius 3 is 2.93 bits per heavy atom. The van der Waals surface area contributed by atoms with Gasteiger partial charge in [-0.3, -0.25) is 9.79 Å². The van der Waals surface area contributed by atoms with Crippen LogP contribution in [0.15, 0.2) is 33.5 Å². The number of phenolic OH excluding ortho intramolecular Hbond substituents is 1. The first-order valence-electron chi connectivity index (χ1n) is 8.09. The van der Waals surface area contributed by atoms with Gasteiger partial charge in [-0.2, -0.15) is 0 Å². The number of carbonyl (C=O) groups excluding carboxylic acids is 1. The van der Waals surface area contributed by atoms with Gasteiger partial charge in [0.15, 0.2) is 16.7 Å². The largest absolute Gasteiger partial charge is 0.504 e. The summed E-state index contributed by atoms with van der Waals surface area (Å²) in [6.07, 6.45) is 1.62. The van der Waals surface area contributed by atoms with E-state index in [4.69, 9.17) is 0 Å². The summed E-state index contributed by atoms with van der Waals surface area (Å²) >= 11 is 2.45. The highest BCUT2D eigenvalue weighted by Gasteiger charge is 2.25. The number of nitrogens with zero attached hydrogens (tertiary/aromatic N) is 2. The molecule has 0 aliphatic carbocycles. The number of phenols is 1. The Hall–Kier alpha value is -2.23. The first kappa shape index (κ1) is 19.5. The number of thioether (sulfide) groups is 1. The molecule has 1 fully saturated rings. The van der Waals surface area contributed by atoms with Gasteiger partial charge in [-0.05, 0) is 30.0 Å². The van der Waals surface area contributed by atoms with Crippen LogP contribution in [0.5, 0.6) is 5.75 Å². The molecule has 2 aromatic rings. The lowest BCUT2D eigenvalue weighted by Crippen LogP contribution is -2.24. The van der Waals surface area contributed by atoms with Gasteiger partial charge in [-0.1, -0.05) is 19.9 Å². The summed E-state index contributed by atoms with van der Waals surface area (Å²) in [5, 5.41) is 24.5. The van der Waals surface area contributed by atoms with Crippen LogP contribution in [0, 0.1) is 11.2 Å². The van der Waals surface area contributed by atoms with E-state index in [-0.39, 0.29) is 17.9 Å². The summed E-state index contributed by atoms with van der Waals surface area (Å²) in [7, 11) is 0. The van der Waals surface area contributed by atoms with Gasteiger partial charge >= 0.3 is 0 Å². The fourth-order valence-corrected chi connectivity index (χ4v) is 3.74. The van der Waals surface area contributed by atoms with E-state index in [0.29, 0.717) is 32.9 Å². The van der Waals surface area contributed by atoms with Crippen LogP contribution in [0.3, 0.4) is 0 Å². The van der Waals surface area contributed by atoms with Crippen molar-refractivity contribution in [1.29, 1.82) is 0 Å². The van der Waals surface area contributed by atoms with Gasteiger partial charge in [0.1, 0.15) is 5.01 Å². The van der Waals surface area contributed by atoms with Crippen molar-refractivity contribution in [2.75, 3.05) is 13.2 Å². The van der Waals surface area contributed by atoms with Gasteiger partial charge in [0.2, 0.25) is 0 Å². The highest BCUT2D eigenvalue weighted by Crippen LogP contribution is 2.34. The normalized spacial score (nSPS) is 17.7. The number of hydrogen-bond acceptors (Lipinski definition) is 7. The molecule has 6 nitrogen and oxygen atoms in total. The highest BCUT2D eigenvalue weighted by molar-refractivity contribution is 8.18. The fourth-order valence-electron chi connectivity index (χ4n) is 2.14. The molecular formula is C18H18FN3O3S2. The number of benzene rings is 1. The van der Waals surface area contributed by atoms with Gasteiger partial charge in [-0.15, -0.1) is 11.3 Å². The minimum atomic E-state index is -0.708. The van der Waals surface area contributed by atoms with E-state index in [1.54, 1.807) is 17.5 Å². The Morgan fingerprint density at radius 1 is 1.41 bits per heavy atom. The molecule has 1 saturated heterocycles. The second kappa shape index (κ2) is 7.79. The number of aliphatic hydroxyl groups is 1. The molecule has 1 aliphatic rings. The average molecular weight is 407 g/mol. The smallest absolute Gasteiger partial charge is 0.264 e. The second-order valence-electron chi connectivity index (χ2n) is 6.72. The zero-order chi connectivity index (χ0) is 19.6. The standard InChI is InChI=1S/C18H18FN3O3S2/c1-18(2,9-23)8-20-17-22-15(25)13(27-17)6-10-7-26-16(21-10)11-4-3-5-12(19)14(11)24/h3-7,23-24H,8-9H2,1-2H3,(H,20,22,25)/b13-6-. The van der Waals surface area contributed by atoms with E-state index < -0.39 is 11.6 Å². The third kappa shape index (κ3) is 4.55. The lowest BCUT2D eigenvalue weighted by Gasteiger charge is -2.18. The number of hydrogen-bond donors (Lipinski definition) is 3. The molecule has 27 heavy (non-hydrogen) atoms. The summed E-state index contributed by atoms with van der Waals surface area (Å²) in [4.78, 5) is 21.2. The summed E-state index contributed by atoms with van der Waals surface area (Å²) < 4.78 is 13.5. The van der Waals surface area contributed by atoms with E-state index in [0.717, 1.165) is 0 Å². The number of aromatic hydroxyl groups is 1. The summed E-state index contributed by atoms with van der Waals surface area (Å²) in [6.45, 7) is 4.15. The van der Waals surface area contributed by atoms with Crippen molar-refractivity contribution in [1.82, 2.24) is 10.3 Å². The highest BCUT2D eigenvalue weighted by atomic mass is 32.2. The zero-order valence-electron chi connectivity index (χ0n) is 14.7. The number of halogens is 1. The molecule has 0 saturated carbocycles. The van der Waals surface area contributed by atoms with Crippen LogP contribution in [0.4, 0.5) is 4.39 Å². The van der Waals surface area contributed by atoms with E-state index in [1.807, 2.05) is 13.8 Å². The molecule has 1 amide bonds. The van der Waals surface area contributed by atoms with Crippen molar-refractivity contribution >= 4 is 40.2 Å². The topological polar surface area (TPSA) is 94.8 Å². The predicted octanol–water partition coefficient (Wildman–Crippen LogP) is 3.23. The number of amides is 1. The molecule has 3 N–H and O–H groups in total. The SMILES string of the molecule is CC(C)(CO)CN=C1NC(=O)/C(=C/c2csc(-c3cccc(F)c3O)n2)S1. The van der Waals surface area contributed by atoms with Gasteiger partial charge in [0, 0.05) is 23.9 Å². The number of thiazole rings is 1. The van der Waals surface area contributed by atoms with Gasteiger partial charge < -0.3 is 15.5 Å². The van der Waals surface area contributed by atoms with Crippen LogP contribution >= 0.6 is 23.1 Å². The molecule has 0 radical (unpaired) electrons. The Kier molecular flexibility index (Phi) is 5.64. The quantitative estimate of drug-likeness (QED) is 0.662. The Morgan fingerprint density at radius 2 is 2.19 bits per heavy atom. The van der Waals surface area contributed by atoms with Crippen molar-refractivity contribution in [2.24, 2.45) is 10.4 Å². The third-order valence-corrected chi connectivity index (χ3v) is 5.59. The molecular weight excluding hydrogens is 389 g/mol. The Balaban J connectivity index is 1.78. The number of para-hydroxylation sites is 1. The number of aromatic nitrogens is 1. The number of aliphatic imine (C=N–C) groups is 1. The predicted molar refractivity (Wildman–Crippen MR) is 106 cm³/mol. The minimum absolute atomic E-state index is 0.000381. The summed E-state index contributed by atoms with van der Waals surface area (Å²) in [5.74, 6) is -1.43. The monoisotopic (exact) mass is 407 g/mol. The first-order valence-corrected chi connectivity index (χ1v) is 9.78. The number of amidine groups is 1. The molecule has 9 heteroatoms. The summed E-state index contributed by atoms with van der Waals surface area (Å²) in [5.41, 5.74) is 0.483. The van der Waals surface area contributed by atoms with Crippen molar-refractivity contribution in [3.8, 4) is 16.3 Å². The maximum Gasteiger partial charge on any atom is 0.264 e. The van der Waals surface area contributed by atoms with E-state index >= 15 is 0 Å².